The average molecular weight is 240 g/mol. The monoisotopic (exact) mass is 240 g/mol. The van der Waals surface area contributed by atoms with Crippen molar-refractivity contribution in [1.29, 1.82) is 0 Å². The summed E-state index contributed by atoms with van der Waals surface area (Å²) in [6.45, 7) is 6.19. The van der Waals surface area contributed by atoms with Gasteiger partial charge in [-0.1, -0.05) is 12.1 Å². The molecule has 0 aliphatic heterocycles. The van der Waals surface area contributed by atoms with E-state index in [4.69, 9.17) is 0 Å². The lowest BCUT2D eigenvalue weighted by Crippen LogP contribution is -2.30. The van der Waals surface area contributed by atoms with Gasteiger partial charge in [-0.25, -0.2) is 0 Å². The third kappa shape index (κ3) is 4.52. The van der Waals surface area contributed by atoms with Crippen LogP contribution in [0.5, 0.6) is 0 Å². The zero-order valence-corrected chi connectivity index (χ0v) is 10.6. The maximum absolute atomic E-state index is 11.4. The number of aliphatic hydroxyl groups excluding tert-OH is 1. The van der Waals surface area contributed by atoms with Gasteiger partial charge in [-0.3, -0.25) is 9.48 Å². The Balaban J connectivity index is 2.42. The minimum absolute atomic E-state index is 0.00640. The minimum Gasteiger partial charge on any atom is -0.387 e. The number of hydrogen-bond donors (Lipinski definition) is 2. The van der Waals surface area contributed by atoms with Crippen molar-refractivity contribution in [1.82, 2.24) is 20.3 Å². The molecular weight excluding hydrogens is 220 g/mol. The summed E-state index contributed by atoms with van der Waals surface area (Å²) in [4.78, 5) is 11.4. The first-order valence-corrected chi connectivity index (χ1v) is 5.90. The normalized spacial score (nSPS) is 12.8. The molecule has 0 aromatic carbocycles. The maximum Gasteiger partial charge on any atom is 0.222 e. The quantitative estimate of drug-likeness (QED) is 0.764. The van der Waals surface area contributed by atoms with Crippen molar-refractivity contribution < 1.29 is 9.90 Å². The van der Waals surface area contributed by atoms with Crippen LogP contribution in [0.2, 0.25) is 0 Å². The van der Waals surface area contributed by atoms with Gasteiger partial charge in [-0.2, -0.15) is 0 Å². The molecule has 0 aliphatic rings. The van der Waals surface area contributed by atoms with E-state index in [2.05, 4.69) is 15.6 Å². The van der Waals surface area contributed by atoms with Crippen LogP contribution in [0.4, 0.5) is 0 Å². The van der Waals surface area contributed by atoms with Gasteiger partial charge in [0.2, 0.25) is 5.91 Å². The summed E-state index contributed by atoms with van der Waals surface area (Å²) >= 11 is 0. The molecule has 0 bridgehead atoms. The fourth-order valence-electron chi connectivity index (χ4n) is 1.39. The van der Waals surface area contributed by atoms with Gasteiger partial charge in [0, 0.05) is 12.5 Å². The van der Waals surface area contributed by atoms with Crippen LogP contribution in [0.3, 0.4) is 0 Å². The van der Waals surface area contributed by atoms with Crippen molar-refractivity contribution in [2.75, 3.05) is 0 Å². The number of aryl methyl sites for hydroxylation is 1. The van der Waals surface area contributed by atoms with Gasteiger partial charge in [-0.15, -0.1) is 5.10 Å². The van der Waals surface area contributed by atoms with Crippen molar-refractivity contribution in [2.24, 2.45) is 0 Å². The fourth-order valence-corrected chi connectivity index (χ4v) is 1.39. The zero-order valence-electron chi connectivity index (χ0n) is 10.6. The number of nitrogens with zero attached hydrogens (tertiary/aromatic N) is 3. The van der Waals surface area contributed by atoms with Crippen LogP contribution in [0.25, 0.3) is 0 Å². The minimum atomic E-state index is -0.576. The van der Waals surface area contributed by atoms with Crippen LogP contribution >= 0.6 is 0 Å². The largest absolute Gasteiger partial charge is 0.387 e. The highest BCUT2D eigenvalue weighted by molar-refractivity contribution is 5.75. The van der Waals surface area contributed by atoms with Gasteiger partial charge in [-0.05, 0) is 20.3 Å². The van der Waals surface area contributed by atoms with Crippen LogP contribution in [-0.4, -0.2) is 32.0 Å². The second-order valence-electron chi connectivity index (χ2n) is 4.30. The number of carbonyl (C=O) groups excluding carboxylic acids is 1. The van der Waals surface area contributed by atoms with Gasteiger partial charge >= 0.3 is 0 Å². The standard InChI is InChI=1S/C11H20N4O2/c1-4-10(16)9-7-15(14-13-9)6-5-11(17)12-8(2)3/h7-8,10,16H,4-6H2,1-3H3,(H,12,17). The molecule has 1 aromatic heterocycles. The fraction of sp³-hybridized carbons (Fsp3) is 0.727. The number of rotatable bonds is 6. The molecule has 1 heterocycles. The lowest BCUT2D eigenvalue weighted by molar-refractivity contribution is -0.121. The lowest BCUT2D eigenvalue weighted by atomic mass is 10.2. The van der Waals surface area contributed by atoms with E-state index in [1.807, 2.05) is 20.8 Å². The van der Waals surface area contributed by atoms with Crippen molar-refractivity contribution in [3.8, 4) is 0 Å². The first kappa shape index (κ1) is 13.6. The van der Waals surface area contributed by atoms with Crippen molar-refractivity contribution in [3.05, 3.63) is 11.9 Å². The topological polar surface area (TPSA) is 80.0 Å². The number of aromatic nitrogens is 3. The summed E-state index contributed by atoms with van der Waals surface area (Å²) in [5.41, 5.74) is 0.553. The second kappa shape index (κ2) is 6.34. The van der Waals surface area contributed by atoms with E-state index in [9.17, 15) is 9.90 Å². The molecule has 1 amide bonds. The summed E-state index contributed by atoms with van der Waals surface area (Å²) in [6, 6.07) is 0.149. The molecule has 0 saturated heterocycles. The molecule has 1 aromatic rings. The van der Waals surface area contributed by atoms with E-state index in [0.717, 1.165) is 0 Å². The summed E-state index contributed by atoms with van der Waals surface area (Å²) in [5.74, 6) is -0.00640. The highest BCUT2D eigenvalue weighted by atomic mass is 16.3. The van der Waals surface area contributed by atoms with Crippen molar-refractivity contribution in [3.63, 3.8) is 0 Å². The van der Waals surface area contributed by atoms with Crippen molar-refractivity contribution >= 4 is 5.91 Å². The van der Waals surface area contributed by atoms with Crippen LogP contribution in [0.15, 0.2) is 6.20 Å². The lowest BCUT2D eigenvalue weighted by Gasteiger charge is -2.07. The molecule has 96 valence electrons. The van der Waals surface area contributed by atoms with Crippen molar-refractivity contribution in [2.45, 2.75) is 52.3 Å². The molecule has 1 rings (SSSR count). The number of carbonyl (C=O) groups is 1. The molecule has 6 nitrogen and oxygen atoms in total. The Morgan fingerprint density at radius 1 is 1.59 bits per heavy atom. The summed E-state index contributed by atoms with van der Waals surface area (Å²) < 4.78 is 1.58. The Kier molecular flexibility index (Phi) is 5.09. The van der Waals surface area contributed by atoms with Gasteiger partial charge in [0.1, 0.15) is 5.69 Å². The molecule has 0 saturated carbocycles. The van der Waals surface area contributed by atoms with E-state index in [-0.39, 0.29) is 11.9 Å². The molecule has 6 heteroatoms. The first-order valence-electron chi connectivity index (χ1n) is 5.90. The number of amides is 1. The molecule has 17 heavy (non-hydrogen) atoms. The zero-order chi connectivity index (χ0) is 12.8. The SMILES string of the molecule is CCC(O)c1cn(CCC(=O)NC(C)C)nn1. The van der Waals surface area contributed by atoms with Gasteiger partial charge in [0.25, 0.3) is 0 Å². The van der Waals surface area contributed by atoms with Gasteiger partial charge < -0.3 is 10.4 Å². The molecule has 0 fully saturated rings. The summed E-state index contributed by atoms with van der Waals surface area (Å²) in [7, 11) is 0. The molecule has 2 N–H and O–H groups in total. The predicted octanol–water partition coefficient (Wildman–Crippen LogP) is 0.636. The second-order valence-corrected chi connectivity index (χ2v) is 4.30. The third-order valence-corrected chi connectivity index (χ3v) is 2.30. The van der Waals surface area contributed by atoms with Crippen LogP contribution in [0.1, 0.15) is 45.4 Å². The predicted molar refractivity (Wildman–Crippen MR) is 63.2 cm³/mol. The maximum atomic E-state index is 11.4. The van der Waals surface area contributed by atoms with E-state index in [1.54, 1.807) is 10.9 Å². The van der Waals surface area contributed by atoms with Gasteiger partial charge in [0.15, 0.2) is 0 Å². The van der Waals surface area contributed by atoms with Crippen LogP contribution in [0, 0.1) is 0 Å². The number of aliphatic hydroxyl groups is 1. The Bertz CT molecular complexity index is 362. The Morgan fingerprint density at radius 2 is 2.29 bits per heavy atom. The Hall–Kier alpha value is -1.43. The summed E-state index contributed by atoms with van der Waals surface area (Å²) in [5, 5.41) is 20.1. The molecule has 1 unspecified atom stereocenters. The Labute approximate surface area is 101 Å². The highest BCUT2D eigenvalue weighted by Crippen LogP contribution is 2.11. The van der Waals surface area contributed by atoms with E-state index in [0.29, 0.717) is 25.1 Å². The molecule has 0 spiro atoms. The molecule has 0 aliphatic carbocycles. The first-order chi connectivity index (χ1) is 8.02. The smallest absolute Gasteiger partial charge is 0.222 e. The molecule has 1 atom stereocenters. The number of nitrogens with one attached hydrogen (secondary N) is 1. The van der Waals surface area contributed by atoms with Crippen LogP contribution < -0.4 is 5.32 Å². The third-order valence-electron chi connectivity index (χ3n) is 2.30. The van der Waals surface area contributed by atoms with E-state index >= 15 is 0 Å². The van der Waals surface area contributed by atoms with E-state index in [1.165, 1.54) is 0 Å². The molecular formula is C11H20N4O2. The van der Waals surface area contributed by atoms with Crippen LogP contribution in [-0.2, 0) is 11.3 Å². The highest BCUT2D eigenvalue weighted by Gasteiger charge is 2.10. The Morgan fingerprint density at radius 3 is 2.88 bits per heavy atom. The van der Waals surface area contributed by atoms with E-state index < -0.39 is 6.10 Å². The number of hydrogen-bond acceptors (Lipinski definition) is 4. The summed E-state index contributed by atoms with van der Waals surface area (Å²) in [6.07, 6.45) is 2.07. The van der Waals surface area contributed by atoms with Gasteiger partial charge in [0.05, 0.1) is 18.8 Å². The average Bonchev–Trinajstić information content (AvgIpc) is 2.73. The molecule has 0 radical (unpaired) electrons.